The van der Waals surface area contributed by atoms with Gasteiger partial charge in [-0.2, -0.15) is 0 Å². The van der Waals surface area contributed by atoms with Crippen LogP contribution in [0.15, 0.2) is 24.3 Å². The van der Waals surface area contributed by atoms with Crippen molar-refractivity contribution < 1.29 is 9.47 Å². The van der Waals surface area contributed by atoms with Gasteiger partial charge in [-0.25, -0.2) is 0 Å². The number of morpholine rings is 1. The Morgan fingerprint density at radius 2 is 2.29 bits per heavy atom. The zero-order valence-electron chi connectivity index (χ0n) is 10.8. The van der Waals surface area contributed by atoms with Gasteiger partial charge < -0.3 is 14.8 Å². The molecule has 0 amide bonds. The average molecular weight is 235 g/mol. The molecule has 0 aliphatic carbocycles. The zero-order valence-corrected chi connectivity index (χ0v) is 10.8. The van der Waals surface area contributed by atoms with Crippen LogP contribution in [0.5, 0.6) is 5.75 Å². The Hall–Kier alpha value is -1.06. The van der Waals surface area contributed by atoms with Gasteiger partial charge in [0, 0.05) is 11.6 Å². The SMILES string of the molecule is COc1cccc(CC2COCC(C)(C)N2)c1. The maximum Gasteiger partial charge on any atom is 0.119 e. The normalized spacial score (nSPS) is 23.4. The van der Waals surface area contributed by atoms with Crippen molar-refractivity contribution in [2.24, 2.45) is 0 Å². The topological polar surface area (TPSA) is 30.5 Å². The number of benzene rings is 1. The van der Waals surface area contributed by atoms with Gasteiger partial charge in [0.25, 0.3) is 0 Å². The summed E-state index contributed by atoms with van der Waals surface area (Å²) in [5, 5.41) is 3.61. The summed E-state index contributed by atoms with van der Waals surface area (Å²) in [5.74, 6) is 0.915. The van der Waals surface area contributed by atoms with Gasteiger partial charge in [-0.05, 0) is 38.0 Å². The minimum Gasteiger partial charge on any atom is -0.497 e. The van der Waals surface area contributed by atoms with Crippen LogP contribution in [0.4, 0.5) is 0 Å². The van der Waals surface area contributed by atoms with Crippen molar-refractivity contribution in [1.82, 2.24) is 5.32 Å². The highest BCUT2D eigenvalue weighted by atomic mass is 16.5. The number of hydrogen-bond acceptors (Lipinski definition) is 3. The van der Waals surface area contributed by atoms with Gasteiger partial charge in [-0.3, -0.25) is 0 Å². The Bertz CT molecular complexity index is 376. The lowest BCUT2D eigenvalue weighted by atomic mass is 9.99. The highest BCUT2D eigenvalue weighted by molar-refractivity contribution is 5.29. The van der Waals surface area contributed by atoms with Crippen molar-refractivity contribution in [2.75, 3.05) is 20.3 Å². The summed E-state index contributed by atoms with van der Waals surface area (Å²) in [6.07, 6.45) is 0.973. The first kappa shape index (κ1) is 12.4. The molecular formula is C14H21NO2. The highest BCUT2D eigenvalue weighted by Crippen LogP contribution is 2.17. The molecule has 1 fully saturated rings. The standard InChI is InChI=1S/C14H21NO2/c1-14(2)10-17-9-12(15-14)7-11-5-4-6-13(8-11)16-3/h4-6,8,12,15H,7,9-10H2,1-3H3. The third-order valence-electron chi connectivity index (χ3n) is 2.99. The van der Waals surface area contributed by atoms with Crippen LogP contribution < -0.4 is 10.1 Å². The second-order valence-corrected chi connectivity index (χ2v) is 5.30. The summed E-state index contributed by atoms with van der Waals surface area (Å²) in [7, 11) is 1.70. The molecule has 0 bridgehead atoms. The van der Waals surface area contributed by atoms with Gasteiger partial charge in [0.15, 0.2) is 0 Å². The lowest BCUT2D eigenvalue weighted by molar-refractivity contribution is 0.0135. The van der Waals surface area contributed by atoms with E-state index in [1.165, 1.54) is 5.56 Å². The molecule has 1 unspecified atom stereocenters. The molecule has 1 atom stereocenters. The maximum absolute atomic E-state index is 5.63. The molecule has 1 aromatic rings. The Morgan fingerprint density at radius 1 is 1.47 bits per heavy atom. The first-order valence-electron chi connectivity index (χ1n) is 6.07. The summed E-state index contributed by atoms with van der Waals surface area (Å²) in [4.78, 5) is 0. The van der Waals surface area contributed by atoms with Crippen LogP contribution in [0.25, 0.3) is 0 Å². The molecule has 1 N–H and O–H groups in total. The summed E-state index contributed by atoms with van der Waals surface area (Å²) in [6.45, 7) is 5.90. The van der Waals surface area contributed by atoms with Crippen LogP contribution in [0.3, 0.4) is 0 Å². The molecule has 1 aliphatic heterocycles. The summed E-state index contributed by atoms with van der Waals surface area (Å²) >= 11 is 0. The first-order valence-corrected chi connectivity index (χ1v) is 6.07. The average Bonchev–Trinajstić information content (AvgIpc) is 2.28. The van der Waals surface area contributed by atoms with Crippen molar-refractivity contribution in [2.45, 2.75) is 31.8 Å². The van der Waals surface area contributed by atoms with Crippen molar-refractivity contribution in [1.29, 1.82) is 0 Å². The van der Waals surface area contributed by atoms with E-state index in [0.717, 1.165) is 25.4 Å². The fourth-order valence-corrected chi connectivity index (χ4v) is 2.29. The van der Waals surface area contributed by atoms with Gasteiger partial charge in [0.1, 0.15) is 5.75 Å². The monoisotopic (exact) mass is 235 g/mol. The molecule has 17 heavy (non-hydrogen) atoms. The van der Waals surface area contributed by atoms with Gasteiger partial charge in [0.05, 0.1) is 20.3 Å². The van der Waals surface area contributed by atoms with Gasteiger partial charge >= 0.3 is 0 Å². The molecule has 3 heteroatoms. The lowest BCUT2D eigenvalue weighted by Gasteiger charge is -2.37. The van der Waals surface area contributed by atoms with Crippen LogP contribution in [0.1, 0.15) is 19.4 Å². The zero-order chi connectivity index (χ0) is 12.3. The number of methoxy groups -OCH3 is 1. The molecule has 1 aromatic carbocycles. The molecule has 94 valence electrons. The third kappa shape index (κ3) is 3.45. The second-order valence-electron chi connectivity index (χ2n) is 5.30. The Balaban J connectivity index is 2.00. The molecule has 0 radical (unpaired) electrons. The van der Waals surface area contributed by atoms with Crippen molar-refractivity contribution in [3.05, 3.63) is 29.8 Å². The fourth-order valence-electron chi connectivity index (χ4n) is 2.29. The van der Waals surface area contributed by atoms with E-state index in [0.29, 0.717) is 6.04 Å². The Labute approximate surface area is 103 Å². The first-order chi connectivity index (χ1) is 8.09. The van der Waals surface area contributed by atoms with Gasteiger partial charge in [-0.1, -0.05) is 12.1 Å². The minimum atomic E-state index is 0.0712. The van der Waals surface area contributed by atoms with E-state index in [1.54, 1.807) is 7.11 Å². The van der Waals surface area contributed by atoms with E-state index in [-0.39, 0.29) is 5.54 Å². The number of hydrogen-bond donors (Lipinski definition) is 1. The minimum absolute atomic E-state index is 0.0712. The molecule has 1 aliphatic rings. The van der Waals surface area contributed by atoms with Crippen LogP contribution in [-0.2, 0) is 11.2 Å². The van der Waals surface area contributed by atoms with E-state index in [4.69, 9.17) is 9.47 Å². The quantitative estimate of drug-likeness (QED) is 0.869. The van der Waals surface area contributed by atoms with E-state index in [2.05, 4.69) is 31.3 Å². The molecule has 1 heterocycles. The molecule has 1 saturated heterocycles. The fraction of sp³-hybridized carbons (Fsp3) is 0.571. The van der Waals surface area contributed by atoms with Crippen molar-refractivity contribution in [3.63, 3.8) is 0 Å². The largest absolute Gasteiger partial charge is 0.497 e. The number of ether oxygens (including phenoxy) is 2. The van der Waals surface area contributed by atoms with Crippen LogP contribution in [0.2, 0.25) is 0 Å². The van der Waals surface area contributed by atoms with Crippen LogP contribution >= 0.6 is 0 Å². The predicted octanol–water partition coefficient (Wildman–Crippen LogP) is 2.00. The molecule has 0 aromatic heterocycles. The number of nitrogens with one attached hydrogen (secondary N) is 1. The molecule has 2 rings (SSSR count). The molecular weight excluding hydrogens is 214 g/mol. The van der Waals surface area contributed by atoms with Crippen molar-refractivity contribution >= 4 is 0 Å². The predicted molar refractivity (Wildman–Crippen MR) is 68.5 cm³/mol. The second kappa shape index (κ2) is 5.07. The third-order valence-corrected chi connectivity index (χ3v) is 2.99. The maximum atomic E-state index is 5.63. The van der Waals surface area contributed by atoms with Crippen LogP contribution in [0, 0.1) is 0 Å². The van der Waals surface area contributed by atoms with Gasteiger partial charge in [-0.15, -0.1) is 0 Å². The van der Waals surface area contributed by atoms with Crippen LogP contribution in [-0.4, -0.2) is 31.9 Å². The summed E-state index contributed by atoms with van der Waals surface area (Å²) < 4.78 is 10.9. The Morgan fingerprint density at radius 3 is 3.00 bits per heavy atom. The summed E-state index contributed by atoms with van der Waals surface area (Å²) in [6, 6.07) is 8.60. The van der Waals surface area contributed by atoms with E-state index >= 15 is 0 Å². The Kier molecular flexibility index (Phi) is 3.69. The lowest BCUT2D eigenvalue weighted by Crippen LogP contribution is -2.56. The molecule has 3 nitrogen and oxygen atoms in total. The van der Waals surface area contributed by atoms with E-state index < -0.39 is 0 Å². The van der Waals surface area contributed by atoms with Gasteiger partial charge in [0.2, 0.25) is 0 Å². The van der Waals surface area contributed by atoms with Crippen molar-refractivity contribution in [3.8, 4) is 5.75 Å². The highest BCUT2D eigenvalue weighted by Gasteiger charge is 2.27. The molecule has 0 spiro atoms. The van der Waals surface area contributed by atoms with E-state index in [9.17, 15) is 0 Å². The van der Waals surface area contributed by atoms with E-state index in [1.807, 2.05) is 12.1 Å². The smallest absolute Gasteiger partial charge is 0.119 e. The molecule has 0 saturated carbocycles. The summed E-state index contributed by atoms with van der Waals surface area (Å²) in [5.41, 5.74) is 1.35. The number of rotatable bonds is 3.